The van der Waals surface area contributed by atoms with E-state index in [1.165, 1.54) is 0 Å². The van der Waals surface area contributed by atoms with Gasteiger partial charge in [-0.2, -0.15) is 0 Å². The highest BCUT2D eigenvalue weighted by atomic mass is 16.5. The minimum absolute atomic E-state index is 0.421. The molecule has 0 aliphatic heterocycles. The van der Waals surface area contributed by atoms with Gasteiger partial charge in [0.15, 0.2) is 0 Å². The predicted octanol–water partition coefficient (Wildman–Crippen LogP) is 2.23. The molecule has 108 valence electrons. The van der Waals surface area contributed by atoms with Gasteiger partial charge in [0.2, 0.25) is 0 Å². The van der Waals surface area contributed by atoms with Gasteiger partial charge in [-0.05, 0) is 31.0 Å². The number of methoxy groups -OCH3 is 2. The SMILES string of the molecule is COCCCN(CCOC)c1ccc([C@@H](C)O)cc1. The largest absolute Gasteiger partial charge is 0.389 e. The van der Waals surface area contributed by atoms with E-state index < -0.39 is 6.10 Å². The number of hydrogen-bond donors (Lipinski definition) is 1. The lowest BCUT2D eigenvalue weighted by Crippen LogP contribution is -2.29. The number of aliphatic hydroxyl groups is 1. The van der Waals surface area contributed by atoms with Crippen LogP contribution in [0.5, 0.6) is 0 Å². The molecule has 4 heteroatoms. The monoisotopic (exact) mass is 267 g/mol. The van der Waals surface area contributed by atoms with Crippen molar-refractivity contribution >= 4 is 5.69 Å². The molecule has 0 radical (unpaired) electrons. The highest BCUT2D eigenvalue weighted by molar-refractivity contribution is 5.47. The first-order valence-electron chi connectivity index (χ1n) is 6.70. The minimum atomic E-state index is -0.421. The first-order valence-corrected chi connectivity index (χ1v) is 6.70. The van der Waals surface area contributed by atoms with Crippen LogP contribution < -0.4 is 4.90 Å². The molecule has 0 unspecified atom stereocenters. The summed E-state index contributed by atoms with van der Waals surface area (Å²) < 4.78 is 10.2. The second kappa shape index (κ2) is 8.91. The normalized spacial score (nSPS) is 12.4. The Bertz CT molecular complexity index is 338. The fraction of sp³-hybridized carbons (Fsp3) is 0.600. The first kappa shape index (κ1) is 16.0. The maximum atomic E-state index is 9.52. The molecule has 0 saturated carbocycles. The summed E-state index contributed by atoms with van der Waals surface area (Å²) in [6, 6.07) is 8.03. The summed E-state index contributed by atoms with van der Waals surface area (Å²) in [5.41, 5.74) is 2.09. The standard InChI is InChI=1S/C15H25NO3/c1-13(17)14-5-7-15(8-6-14)16(10-12-19-3)9-4-11-18-2/h5-8,13,17H,4,9-12H2,1-3H3/t13-/m1/s1. The van der Waals surface area contributed by atoms with Crippen molar-refractivity contribution < 1.29 is 14.6 Å². The van der Waals surface area contributed by atoms with Crippen molar-refractivity contribution in [1.82, 2.24) is 0 Å². The van der Waals surface area contributed by atoms with Crippen LogP contribution in [-0.4, -0.2) is 45.6 Å². The van der Waals surface area contributed by atoms with Crippen LogP contribution in [0.1, 0.15) is 25.0 Å². The highest BCUT2D eigenvalue weighted by Gasteiger charge is 2.07. The zero-order valence-corrected chi connectivity index (χ0v) is 12.1. The van der Waals surface area contributed by atoms with E-state index in [9.17, 15) is 5.11 Å². The van der Waals surface area contributed by atoms with Crippen molar-refractivity contribution in [3.8, 4) is 0 Å². The smallest absolute Gasteiger partial charge is 0.0761 e. The molecule has 19 heavy (non-hydrogen) atoms. The third-order valence-electron chi connectivity index (χ3n) is 3.08. The number of aliphatic hydroxyl groups excluding tert-OH is 1. The van der Waals surface area contributed by atoms with Crippen LogP contribution in [0.4, 0.5) is 5.69 Å². The maximum Gasteiger partial charge on any atom is 0.0761 e. The van der Waals surface area contributed by atoms with Gasteiger partial charge in [0.1, 0.15) is 0 Å². The van der Waals surface area contributed by atoms with Gasteiger partial charge in [-0.1, -0.05) is 12.1 Å². The summed E-state index contributed by atoms with van der Waals surface area (Å²) >= 11 is 0. The summed E-state index contributed by atoms with van der Waals surface area (Å²) in [4.78, 5) is 2.27. The average molecular weight is 267 g/mol. The molecule has 0 aliphatic carbocycles. The molecule has 0 heterocycles. The van der Waals surface area contributed by atoms with E-state index in [0.717, 1.165) is 37.4 Å². The molecule has 0 saturated heterocycles. The van der Waals surface area contributed by atoms with Gasteiger partial charge in [0.05, 0.1) is 12.7 Å². The number of rotatable bonds is 9. The predicted molar refractivity (Wildman–Crippen MR) is 77.7 cm³/mol. The summed E-state index contributed by atoms with van der Waals surface area (Å²) in [6.45, 7) is 5.02. The highest BCUT2D eigenvalue weighted by Crippen LogP contribution is 2.19. The molecule has 0 spiro atoms. The molecule has 0 aliphatic rings. The summed E-state index contributed by atoms with van der Waals surface area (Å²) in [5, 5.41) is 9.52. The Morgan fingerprint density at radius 2 is 1.68 bits per heavy atom. The van der Waals surface area contributed by atoms with Crippen LogP contribution in [0.2, 0.25) is 0 Å². The van der Waals surface area contributed by atoms with Gasteiger partial charge in [0, 0.05) is 39.6 Å². The van der Waals surface area contributed by atoms with Crippen molar-refractivity contribution in [1.29, 1.82) is 0 Å². The van der Waals surface area contributed by atoms with Gasteiger partial charge >= 0.3 is 0 Å². The Morgan fingerprint density at radius 3 is 2.21 bits per heavy atom. The molecule has 1 aromatic carbocycles. The van der Waals surface area contributed by atoms with Gasteiger partial charge in [0.25, 0.3) is 0 Å². The van der Waals surface area contributed by atoms with Crippen LogP contribution in [0.3, 0.4) is 0 Å². The van der Waals surface area contributed by atoms with Crippen molar-refractivity contribution in [2.24, 2.45) is 0 Å². The van der Waals surface area contributed by atoms with Crippen LogP contribution in [0.15, 0.2) is 24.3 Å². The molecule has 0 aromatic heterocycles. The van der Waals surface area contributed by atoms with Crippen LogP contribution in [-0.2, 0) is 9.47 Å². The van der Waals surface area contributed by atoms with E-state index in [-0.39, 0.29) is 0 Å². The summed E-state index contributed by atoms with van der Waals surface area (Å²) in [6.07, 6.45) is 0.563. The zero-order chi connectivity index (χ0) is 14.1. The quantitative estimate of drug-likeness (QED) is 0.697. The molecule has 1 aromatic rings. The lowest BCUT2D eigenvalue weighted by molar-refractivity contribution is 0.191. The number of ether oxygens (including phenoxy) is 2. The van der Waals surface area contributed by atoms with Crippen molar-refractivity contribution in [2.45, 2.75) is 19.4 Å². The number of nitrogens with zero attached hydrogens (tertiary/aromatic N) is 1. The van der Waals surface area contributed by atoms with Gasteiger partial charge in [-0.3, -0.25) is 0 Å². The van der Waals surface area contributed by atoms with Crippen molar-refractivity contribution in [3.05, 3.63) is 29.8 Å². The lowest BCUT2D eigenvalue weighted by Gasteiger charge is -2.25. The second-order valence-electron chi connectivity index (χ2n) is 4.59. The van der Waals surface area contributed by atoms with Crippen LogP contribution >= 0.6 is 0 Å². The Hall–Kier alpha value is -1.10. The van der Waals surface area contributed by atoms with Gasteiger partial charge in [-0.15, -0.1) is 0 Å². The van der Waals surface area contributed by atoms with E-state index >= 15 is 0 Å². The Balaban J connectivity index is 2.66. The zero-order valence-electron chi connectivity index (χ0n) is 12.1. The topological polar surface area (TPSA) is 41.9 Å². The van der Waals surface area contributed by atoms with E-state index in [1.54, 1.807) is 21.1 Å². The number of benzene rings is 1. The van der Waals surface area contributed by atoms with E-state index in [1.807, 2.05) is 24.3 Å². The van der Waals surface area contributed by atoms with Crippen LogP contribution in [0.25, 0.3) is 0 Å². The molecular formula is C15H25NO3. The molecule has 4 nitrogen and oxygen atoms in total. The molecule has 1 rings (SSSR count). The Labute approximate surface area is 115 Å². The van der Waals surface area contributed by atoms with Gasteiger partial charge < -0.3 is 19.5 Å². The fourth-order valence-corrected chi connectivity index (χ4v) is 1.93. The van der Waals surface area contributed by atoms with E-state index in [4.69, 9.17) is 9.47 Å². The molecule has 0 bridgehead atoms. The third-order valence-corrected chi connectivity index (χ3v) is 3.08. The van der Waals surface area contributed by atoms with E-state index in [2.05, 4.69) is 4.90 Å². The fourth-order valence-electron chi connectivity index (χ4n) is 1.93. The minimum Gasteiger partial charge on any atom is -0.389 e. The maximum absolute atomic E-state index is 9.52. The Kier molecular flexibility index (Phi) is 7.48. The van der Waals surface area contributed by atoms with E-state index in [0.29, 0.717) is 6.61 Å². The molecule has 0 fully saturated rings. The van der Waals surface area contributed by atoms with Gasteiger partial charge in [-0.25, -0.2) is 0 Å². The summed E-state index contributed by atoms with van der Waals surface area (Å²) in [7, 11) is 3.43. The molecule has 1 N–H and O–H groups in total. The first-order chi connectivity index (χ1) is 9.19. The van der Waals surface area contributed by atoms with Crippen molar-refractivity contribution in [2.75, 3.05) is 45.4 Å². The average Bonchev–Trinajstić information content (AvgIpc) is 2.43. The molecular weight excluding hydrogens is 242 g/mol. The second-order valence-corrected chi connectivity index (χ2v) is 4.59. The lowest BCUT2D eigenvalue weighted by atomic mass is 10.1. The number of anilines is 1. The molecule has 1 atom stereocenters. The number of hydrogen-bond acceptors (Lipinski definition) is 4. The van der Waals surface area contributed by atoms with Crippen LogP contribution in [0, 0.1) is 0 Å². The van der Waals surface area contributed by atoms with Crippen molar-refractivity contribution in [3.63, 3.8) is 0 Å². The molecule has 0 amide bonds. The third kappa shape index (κ3) is 5.59. The Morgan fingerprint density at radius 1 is 1.05 bits per heavy atom. The summed E-state index contributed by atoms with van der Waals surface area (Å²) in [5.74, 6) is 0.